The molecule has 1 spiro atoms. The summed E-state index contributed by atoms with van der Waals surface area (Å²) in [5, 5.41) is 11.3. The molecule has 3 aromatic rings. The van der Waals surface area contributed by atoms with Crippen LogP contribution in [0.5, 0.6) is 5.75 Å². The van der Waals surface area contributed by atoms with E-state index in [9.17, 15) is 14.4 Å². The summed E-state index contributed by atoms with van der Waals surface area (Å²) < 4.78 is 7.85. The SMILES string of the molecule is CC(=O)NCCC(=O)N1CC[C@]23C(=O)N(Cc4cn(nn4)CCCOc4cccc(c4)[C@H]12)c1ccccc13. The first-order chi connectivity index (χ1) is 18.5. The molecule has 2 atom stereocenters. The summed E-state index contributed by atoms with van der Waals surface area (Å²) >= 11 is 0. The number of fused-ring (bicyclic) bond motifs is 8. The quantitative estimate of drug-likeness (QED) is 0.575. The number of carbonyl (C=O) groups is 3. The number of ether oxygens (including phenoxy) is 1. The van der Waals surface area contributed by atoms with Gasteiger partial charge in [-0.05, 0) is 35.7 Å². The molecule has 0 aliphatic carbocycles. The Balaban J connectivity index is 1.48. The number of aromatic nitrogens is 3. The van der Waals surface area contributed by atoms with Gasteiger partial charge in [0.15, 0.2) is 0 Å². The molecular weight excluding hydrogens is 484 g/mol. The van der Waals surface area contributed by atoms with Gasteiger partial charge in [-0.25, -0.2) is 0 Å². The third-order valence-corrected chi connectivity index (χ3v) is 7.74. The van der Waals surface area contributed by atoms with Gasteiger partial charge in [-0.15, -0.1) is 5.10 Å². The van der Waals surface area contributed by atoms with Gasteiger partial charge in [0.25, 0.3) is 0 Å². The molecule has 3 aliphatic heterocycles. The van der Waals surface area contributed by atoms with E-state index in [0.29, 0.717) is 44.1 Å². The van der Waals surface area contributed by atoms with Gasteiger partial charge in [-0.3, -0.25) is 19.1 Å². The first-order valence-corrected chi connectivity index (χ1v) is 13.0. The molecule has 1 aromatic heterocycles. The van der Waals surface area contributed by atoms with Crippen LogP contribution in [0, 0.1) is 0 Å². The molecule has 196 valence electrons. The largest absolute Gasteiger partial charge is 0.494 e. The number of carbonyl (C=O) groups excluding carboxylic acids is 3. The molecule has 4 heterocycles. The van der Waals surface area contributed by atoms with Gasteiger partial charge in [-0.2, -0.15) is 0 Å². The minimum absolute atomic E-state index is 0.0448. The van der Waals surface area contributed by atoms with Crippen LogP contribution >= 0.6 is 0 Å². The van der Waals surface area contributed by atoms with Gasteiger partial charge in [0.2, 0.25) is 17.7 Å². The van der Waals surface area contributed by atoms with Crippen molar-refractivity contribution in [3.63, 3.8) is 0 Å². The normalized spacial score (nSPS) is 22.1. The van der Waals surface area contributed by atoms with E-state index in [-0.39, 0.29) is 30.7 Å². The molecule has 0 radical (unpaired) electrons. The van der Waals surface area contributed by atoms with Crippen molar-refractivity contribution in [1.82, 2.24) is 25.2 Å². The monoisotopic (exact) mass is 514 g/mol. The zero-order valence-electron chi connectivity index (χ0n) is 21.3. The Morgan fingerprint density at radius 3 is 2.89 bits per heavy atom. The summed E-state index contributed by atoms with van der Waals surface area (Å²) in [6, 6.07) is 15.1. The molecule has 6 rings (SSSR count). The molecule has 3 amide bonds. The number of aryl methyl sites for hydroxylation is 1. The van der Waals surface area contributed by atoms with E-state index in [1.165, 1.54) is 6.92 Å². The van der Waals surface area contributed by atoms with Crippen LogP contribution in [0.4, 0.5) is 5.69 Å². The molecule has 0 unspecified atom stereocenters. The smallest absolute Gasteiger partial charge is 0.240 e. The van der Waals surface area contributed by atoms with Gasteiger partial charge in [0.05, 0.1) is 25.4 Å². The van der Waals surface area contributed by atoms with Gasteiger partial charge in [-0.1, -0.05) is 35.5 Å². The molecule has 3 aliphatic rings. The maximum absolute atomic E-state index is 14.5. The molecular formula is C28H30N6O4. The van der Waals surface area contributed by atoms with Crippen LogP contribution in [0.15, 0.2) is 54.7 Å². The number of para-hydroxylation sites is 1. The van der Waals surface area contributed by atoms with Crippen molar-refractivity contribution in [2.24, 2.45) is 0 Å². The Labute approximate surface area is 220 Å². The second kappa shape index (κ2) is 9.59. The molecule has 10 nitrogen and oxygen atoms in total. The van der Waals surface area contributed by atoms with E-state index in [0.717, 1.165) is 23.2 Å². The lowest BCUT2D eigenvalue weighted by Gasteiger charge is -2.35. The number of nitrogens with one attached hydrogen (secondary N) is 1. The highest BCUT2D eigenvalue weighted by Gasteiger charge is 2.61. The van der Waals surface area contributed by atoms with Crippen LogP contribution in [0.2, 0.25) is 0 Å². The second-order valence-electron chi connectivity index (χ2n) is 10.1. The van der Waals surface area contributed by atoms with Crippen LogP contribution in [-0.2, 0) is 32.9 Å². The Morgan fingerprint density at radius 2 is 2.03 bits per heavy atom. The highest BCUT2D eigenvalue weighted by Crippen LogP contribution is 2.57. The topological polar surface area (TPSA) is 110 Å². The number of anilines is 1. The Kier molecular flexibility index (Phi) is 6.09. The minimum Gasteiger partial charge on any atom is -0.494 e. The fraction of sp³-hybridized carbons (Fsp3) is 0.393. The third-order valence-electron chi connectivity index (χ3n) is 7.74. The summed E-state index contributed by atoms with van der Waals surface area (Å²) in [7, 11) is 0. The van der Waals surface area contributed by atoms with E-state index in [4.69, 9.17) is 4.74 Å². The molecule has 0 saturated carbocycles. The summed E-state index contributed by atoms with van der Waals surface area (Å²) in [5.74, 6) is 0.370. The number of benzene rings is 2. The van der Waals surface area contributed by atoms with Crippen LogP contribution in [0.3, 0.4) is 0 Å². The van der Waals surface area contributed by atoms with Gasteiger partial charge in [0, 0.05) is 45.1 Å². The highest BCUT2D eigenvalue weighted by atomic mass is 16.5. The maximum Gasteiger partial charge on any atom is 0.240 e. The summed E-state index contributed by atoms with van der Waals surface area (Å²) in [6.07, 6.45) is 3.28. The number of hydrogen-bond donors (Lipinski definition) is 1. The predicted molar refractivity (Wildman–Crippen MR) is 138 cm³/mol. The number of amides is 3. The second-order valence-corrected chi connectivity index (χ2v) is 10.1. The lowest BCUT2D eigenvalue weighted by Crippen LogP contribution is -2.45. The lowest BCUT2D eigenvalue weighted by atomic mass is 9.72. The molecule has 1 N–H and O–H groups in total. The van der Waals surface area contributed by atoms with E-state index in [2.05, 4.69) is 15.6 Å². The summed E-state index contributed by atoms with van der Waals surface area (Å²) in [4.78, 5) is 43.1. The van der Waals surface area contributed by atoms with Crippen molar-refractivity contribution >= 4 is 23.4 Å². The van der Waals surface area contributed by atoms with Crippen LogP contribution in [-0.4, -0.2) is 57.3 Å². The number of likely N-dealkylation sites (tertiary alicyclic amines) is 1. The average molecular weight is 515 g/mol. The summed E-state index contributed by atoms with van der Waals surface area (Å²) in [6.45, 7) is 3.57. The molecule has 1 fully saturated rings. The highest BCUT2D eigenvalue weighted by molar-refractivity contribution is 6.09. The fourth-order valence-electron chi connectivity index (χ4n) is 6.14. The van der Waals surface area contributed by atoms with Crippen molar-refractivity contribution in [3.8, 4) is 5.75 Å². The Bertz CT molecular complexity index is 1400. The first kappa shape index (κ1) is 24.1. The standard InChI is InChI=1S/C28H30N6O4/c1-19(35)29-12-10-25(36)33-14-11-28-23-8-2-3-9-24(23)34(27(28)37)18-21-17-32(31-30-21)13-5-15-38-22-7-4-6-20(16-22)26(28)33/h2-4,6-9,16-17,26H,5,10-15,18H2,1H3,(H,29,35)/t26-,28+/m0/s1. The summed E-state index contributed by atoms with van der Waals surface area (Å²) in [5.41, 5.74) is 2.37. The van der Waals surface area contributed by atoms with E-state index in [1.54, 1.807) is 9.58 Å². The van der Waals surface area contributed by atoms with E-state index < -0.39 is 11.5 Å². The molecule has 38 heavy (non-hydrogen) atoms. The van der Waals surface area contributed by atoms with Crippen LogP contribution < -0.4 is 15.0 Å². The van der Waals surface area contributed by atoms with Crippen molar-refractivity contribution < 1.29 is 19.1 Å². The van der Waals surface area contributed by atoms with Gasteiger partial charge < -0.3 is 19.9 Å². The predicted octanol–water partition coefficient (Wildman–Crippen LogP) is 2.34. The Morgan fingerprint density at radius 1 is 1.16 bits per heavy atom. The van der Waals surface area contributed by atoms with Crippen molar-refractivity contribution in [3.05, 3.63) is 71.5 Å². The molecule has 10 heteroatoms. The molecule has 2 aromatic carbocycles. The molecule has 6 bridgehead atoms. The third kappa shape index (κ3) is 4.00. The minimum atomic E-state index is -0.949. The van der Waals surface area contributed by atoms with E-state index in [1.807, 2.05) is 59.6 Å². The first-order valence-electron chi connectivity index (χ1n) is 13.0. The zero-order valence-corrected chi connectivity index (χ0v) is 21.3. The van der Waals surface area contributed by atoms with Gasteiger partial charge >= 0.3 is 0 Å². The van der Waals surface area contributed by atoms with E-state index >= 15 is 0 Å². The molecule has 1 saturated heterocycles. The lowest BCUT2D eigenvalue weighted by molar-refractivity contribution is -0.133. The van der Waals surface area contributed by atoms with Gasteiger partial charge in [0.1, 0.15) is 16.9 Å². The van der Waals surface area contributed by atoms with Crippen molar-refractivity contribution in [2.75, 3.05) is 24.6 Å². The van der Waals surface area contributed by atoms with Crippen LogP contribution in [0.25, 0.3) is 0 Å². The number of rotatable bonds is 3. The zero-order chi connectivity index (χ0) is 26.3. The Hall–Kier alpha value is -4.21. The number of nitrogens with zero attached hydrogens (tertiary/aromatic N) is 5. The van der Waals surface area contributed by atoms with Crippen LogP contribution in [0.1, 0.15) is 49.0 Å². The maximum atomic E-state index is 14.5. The average Bonchev–Trinajstić information content (AvgIpc) is 3.59. The van der Waals surface area contributed by atoms with Crippen molar-refractivity contribution in [1.29, 1.82) is 0 Å². The van der Waals surface area contributed by atoms with Crippen molar-refractivity contribution in [2.45, 2.75) is 50.7 Å². The number of hydrogen-bond acceptors (Lipinski definition) is 6. The fourth-order valence-corrected chi connectivity index (χ4v) is 6.14.